The second kappa shape index (κ2) is 40.7. The molecule has 44 heteroatoms. The smallest absolute Gasteiger partial charge is 0.368 e. The molecule has 5 aliphatic rings. The molecule has 5 saturated heterocycles. The minimum absolute atomic E-state index is 0.0286. The number of ether oxygens (including phenoxy) is 1. The molecule has 15 heterocycles. The van der Waals surface area contributed by atoms with E-state index in [0.29, 0.717) is 145 Å². The lowest BCUT2D eigenvalue weighted by atomic mass is 9.77. The Hall–Kier alpha value is -11.8. The number of nitrogens with zero attached hydrogens (tertiary/aromatic N) is 23. The van der Waals surface area contributed by atoms with E-state index in [0.717, 1.165) is 75.7 Å². The number of piperidine rings is 2. The summed E-state index contributed by atoms with van der Waals surface area (Å²) in [6, 6.07) is 13.5. The lowest BCUT2D eigenvalue weighted by Crippen LogP contribution is -2.53. The number of halogens is 9. The molecule has 0 saturated carbocycles. The predicted molar refractivity (Wildman–Crippen MR) is 433 cm³/mol. The molecule has 654 valence electrons. The van der Waals surface area contributed by atoms with Crippen LogP contribution in [0.2, 0.25) is 0 Å². The van der Waals surface area contributed by atoms with Crippen LogP contribution < -0.4 is 25.5 Å². The zero-order chi connectivity index (χ0) is 87.5. The van der Waals surface area contributed by atoms with Crippen molar-refractivity contribution in [2.75, 3.05) is 152 Å². The van der Waals surface area contributed by atoms with Crippen LogP contribution in [-0.4, -0.2) is 290 Å². The maximum Gasteiger partial charge on any atom is 0.397 e. The topological polar surface area (TPSA) is 398 Å². The molecule has 10 aromatic heterocycles. The summed E-state index contributed by atoms with van der Waals surface area (Å²) in [4.78, 5) is 121. The van der Waals surface area contributed by atoms with Gasteiger partial charge in [0, 0.05) is 187 Å². The van der Waals surface area contributed by atoms with E-state index < -0.39 is 73.0 Å². The van der Waals surface area contributed by atoms with E-state index in [9.17, 15) is 63.5 Å². The van der Waals surface area contributed by atoms with E-state index in [1.165, 1.54) is 35.1 Å². The minimum atomic E-state index is -4.47. The summed E-state index contributed by atoms with van der Waals surface area (Å²) in [7, 11) is 7.58. The molecule has 35 nitrogen and oxygen atoms in total. The Balaban J connectivity index is 0.000000149. The van der Waals surface area contributed by atoms with Crippen molar-refractivity contribution in [2.24, 2.45) is 10.8 Å². The highest BCUT2D eigenvalue weighted by Gasteiger charge is 2.43. The molecule has 6 N–H and O–H groups in total. The summed E-state index contributed by atoms with van der Waals surface area (Å²) >= 11 is 0. The number of amides is 2. The van der Waals surface area contributed by atoms with Crippen LogP contribution in [0.25, 0.3) is 55.2 Å². The molecule has 3 atom stereocenters. The van der Waals surface area contributed by atoms with Crippen LogP contribution in [0.1, 0.15) is 104 Å². The number of hydrazine groups is 5. The number of alkyl halides is 9. The summed E-state index contributed by atoms with van der Waals surface area (Å²) in [6.45, 7) is 11.2. The number of ketones is 3. The highest BCUT2D eigenvalue weighted by atomic mass is 19.4. The second-order valence-electron chi connectivity index (χ2n) is 30.5. The number of aromatic nitrogens is 15. The SMILES string of the molecule is CN(c1ncnc2[nH]ccc12)N1CCCC(C)(C(=O)CCC#N)C1.CN(c1ncnc2[nH]ccc12)N1CCCC(C)(C(=O)CCC(F)(F)F)C1.CN(c1ncnc2[nH]ccc12)N1CCCN(C(=O)CC(F)(F)F)CC1.CN(c1ncnc2[nH]ccc12)N1CCOC(C(=O)CCC#N)C1.O=C(CC(F)(F)F)N1CCCN(Nc2ncnc3[nH]ccc23)CC1. The van der Waals surface area contributed by atoms with Gasteiger partial charge in [0.1, 0.15) is 90.4 Å². The maximum atomic E-state index is 12.5. The lowest BCUT2D eigenvalue weighted by molar-refractivity contribution is -0.163. The van der Waals surface area contributed by atoms with Gasteiger partial charge in [-0.2, -0.15) is 50.0 Å². The number of morpholine rings is 1. The van der Waals surface area contributed by atoms with Crippen molar-refractivity contribution in [3.63, 3.8) is 0 Å². The standard InChI is InChI=1S/C17H22F3N5O.C17H22N6O.C15H19F3N6O.C15H18N6O2.C14H17F3N6O/c1-16(13(26)4-7-17(18,19)20)6-3-9-25(10-16)24(2)15-12-5-8-21-14(12)22-11-23-15;1-17(14(24)5-3-8-18)7-4-10-23(11-17)22(2)16-13-6-9-19-15(13)20-12-21-16;1-22(14-11-3-4-19-13(11)20-10-21-14)24-6-2-5-23(7-8-24)12(25)9-15(16,17)18;1-20(15-11-4-6-17-14(11)18-10-19-15)21-7-8-23-13(9-21)12(22)3-2-5-16;15-14(16,17)8-11(24)22-4-1-5-23(7-6-22)21-13-10-2-3-18-12(10)19-9-20-13/h5,8,11H,3-4,6-7,9-10H2,1-2H3,(H,21,22,23);6,9,12H,3-5,7,10-11H2,1-2H3,(H,19,20,21);3-4,10H,2,5-9H2,1H3,(H,19,20,21);4,6,10,13H,2-3,7-9H2,1H3,(H,17,18,19);2-3,9H,1,4-8H2,(H2,18,19,20,21). The highest BCUT2D eigenvalue weighted by molar-refractivity contribution is 5.91. The van der Waals surface area contributed by atoms with Crippen LogP contribution in [0.4, 0.5) is 68.6 Å². The number of hydrogen-bond acceptors (Lipinski definition) is 28. The fourth-order valence-electron chi connectivity index (χ4n) is 15.3. The van der Waals surface area contributed by atoms with Gasteiger partial charge in [-0.1, -0.05) is 13.8 Å². The third kappa shape index (κ3) is 23.9. The van der Waals surface area contributed by atoms with Gasteiger partial charge in [0.15, 0.2) is 34.9 Å². The van der Waals surface area contributed by atoms with Gasteiger partial charge in [0.05, 0.1) is 58.6 Å². The van der Waals surface area contributed by atoms with Crippen LogP contribution >= 0.6 is 0 Å². The first-order chi connectivity index (χ1) is 58.2. The van der Waals surface area contributed by atoms with Crippen LogP contribution in [0.3, 0.4) is 0 Å². The average molecular weight is 1710 g/mol. The van der Waals surface area contributed by atoms with Crippen molar-refractivity contribution in [2.45, 2.75) is 128 Å². The molecular weight excluding hydrogens is 1610 g/mol. The first-order valence-corrected chi connectivity index (χ1v) is 39.8. The molecule has 5 aliphatic heterocycles. The number of nitrogens with one attached hydrogen (secondary N) is 6. The Morgan fingerprint density at radius 3 is 1.29 bits per heavy atom. The number of carbonyl (C=O) groups is 5. The van der Waals surface area contributed by atoms with Crippen LogP contribution in [0.5, 0.6) is 0 Å². The third-order valence-corrected chi connectivity index (χ3v) is 21.9. The Bertz CT molecular complexity index is 5260. The van der Waals surface area contributed by atoms with E-state index >= 15 is 0 Å². The van der Waals surface area contributed by atoms with Crippen LogP contribution in [0, 0.1) is 33.5 Å². The van der Waals surface area contributed by atoms with Gasteiger partial charge in [0.25, 0.3) is 0 Å². The molecule has 0 bridgehead atoms. The van der Waals surface area contributed by atoms with Crippen molar-refractivity contribution in [1.82, 2.24) is 110 Å². The molecule has 10 aromatic rings. The highest BCUT2D eigenvalue weighted by Crippen LogP contribution is 2.38. The summed E-state index contributed by atoms with van der Waals surface area (Å²) < 4.78 is 117. The van der Waals surface area contributed by atoms with Crippen molar-refractivity contribution in [3.8, 4) is 12.1 Å². The van der Waals surface area contributed by atoms with Crippen molar-refractivity contribution < 1.29 is 68.2 Å². The molecule has 5 fully saturated rings. The Labute approximate surface area is 695 Å². The first-order valence-electron chi connectivity index (χ1n) is 39.8. The number of Topliss-reactive ketones (excluding diaryl/α,β-unsaturated/α-hetero) is 3. The summed E-state index contributed by atoms with van der Waals surface area (Å²) in [6.07, 6.45) is 3.70. The maximum absolute atomic E-state index is 12.5. The number of H-pyrrole nitrogens is 5. The second-order valence-corrected chi connectivity index (χ2v) is 30.5. The van der Waals surface area contributed by atoms with Crippen molar-refractivity contribution >= 4 is 113 Å². The number of fused-ring (bicyclic) bond motifs is 5. The number of hydrogen-bond donors (Lipinski definition) is 6. The van der Waals surface area contributed by atoms with Crippen molar-refractivity contribution in [3.05, 3.63) is 93.0 Å². The molecule has 3 unspecified atom stereocenters. The monoisotopic (exact) mass is 1710 g/mol. The predicted octanol–water partition coefficient (Wildman–Crippen LogP) is 10.1. The molecule has 0 aromatic carbocycles. The molecular formula is C78H98F9N29O6. The number of anilines is 5. The quantitative estimate of drug-likeness (QED) is 0.0364. The van der Waals surface area contributed by atoms with E-state index in [4.69, 9.17) is 15.3 Å². The van der Waals surface area contributed by atoms with Gasteiger partial charge in [-0.15, -0.1) is 0 Å². The number of aromatic amines is 5. The summed E-state index contributed by atoms with van der Waals surface area (Å²) in [5.74, 6) is 1.71. The third-order valence-electron chi connectivity index (χ3n) is 21.9. The number of nitriles is 2. The molecule has 2 amide bonds. The number of carbonyl (C=O) groups excluding carboxylic acids is 5. The zero-order valence-corrected chi connectivity index (χ0v) is 68.4. The largest absolute Gasteiger partial charge is 0.397 e. The van der Waals surface area contributed by atoms with E-state index in [1.54, 1.807) is 31.8 Å². The van der Waals surface area contributed by atoms with Crippen LogP contribution in [-0.2, 0) is 28.7 Å². The molecule has 122 heavy (non-hydrogen) atoms. The Morgan fingerprint density at radius 2 is 0.844 bits per heavy atom. The summed E-state index contributed by atoms with van der Waals surface area (Å²) in [5.41, 5.74) is 5.66. The lowest BCUT2D eigenvalue weighted by Gasteiger charge is -2.43. The van der Waals surface area contributed by atoms with Gasteiger partial charge < -0.3 is 44.9 Å². The van der Waals surface area contributed by atoms with Crippen molar-refractivity contribution in [1.29, 1.82) is 10.5 Å². The van der Waals surface area contributed by atoms with E-state index in [2.05, 4.69) is 91.3 Å². The van der Waals surface area contributed by atoms with Gasteiger partial charge in [0.2, 0.25) is 11.8 Å². The van der Waals surface area contributed by atoms with Crippen LogP contribution in [0.15, 0.2) is 93.0 Å². The summed E-state index contributed by atoms with van der Waals surface area (Å²) in [5, 5.41) is 39.5. The zero-order valence-electron chi connectivity index (χ0n) is 68.4. The molecule has 0 aliphatic carbocycles. The van der Waals surface area contributed by atoms with E-state index in [-0.39, 0.29) is 43.3 Å². The minimum Gasteiger partial charge on any atom is -0.368 e. The van der Waals surface area contributed by atoms with E-state index in [1.807, 2.05) is 124 Å². The molecule has 0 spiro atoms. The van der Waals surface area contributed by atoms with Gasteiger partial charge in [-0.3, -0.25) is 44.0 Å². The van der Waals surface area contributed by atoms with Gasteiger partial charge in [-0.05, 0) is 68.9 Å². The fourth-order valence-corrected chi connectivity index (χ4v) is 15.3. The average Bonchev–Trinajstić information content (AvgIpc) is 1.78. The number of rotatable bonds is 21. The normalized spacial score (nSPS) is 19.2. The molecule has 15 rings (SSSR count). The first kappa shape index (κ1) is 90.9. The Kier molecular flexibility index (Phi) is 30.3. The fraction of sp³-hybridized carbons (Fsp3) is 0.526. The van der Waals surface area contributed by atoms with Gasteiger partial charge >= 0.3 is 18.5 Å². The van der Waals surface area contributed by atoms with Gasteiger partial charge in [-0.25, -0.2) is 74.9 Å². The molecule has 0 radical (unpaired) electrons. The Morgan fingerprint density at radius 1 is 0.459 bits per heavy atom.